The number of rotatable bonds is 12. The molecule has 0 saturated heterocycles. The first-order chi connectivity index (χ1) is 13.5. The molecular formula is C17H26N4O6S. The first kappa shape index (κ1) is 23.4. The minimum Gasteiger partial charge on any atom is -0.493 e. The lowest BCUT2D eigenvalue weighted by atomic mass is 10.1. The molecule has 3 N–H and O–H groups in total. The largest absolute Gasteiger partial charge is 0.493 e. The van der Waals surface area contributed by atoms with E-state index >= 15 is 0 Å². The second kappa shape index (κ2) is 12.7. The van der Waals surface area contributed by atoms with E-state index in [2.05, 4.69) is 23.5 Å². The number of methoxy groups -OCH3 is 3. The average Bonchev–Trinajstić information content (AvgIpc) is 2.71. The molecule has 0 fully saturated rings. The van der Waals surface area contributed by atoms with Gasteiger partial charge in [0.1, 0.15) is 0 Å². The van der Waals surface area contributed by atoms with Crippen LogP contribution in [0.4, 0.5) is 0 Å². The number of nitrogens with zero attached hydrogens (tertiary/aromatic N) is 2. The third-order valence-electron chi connectivity index (χ3n) is 3.71. The number of ether oxygens (including phenoxy) is 3. The summed E-state index contributed by atoms with van der Waals surface area (Å²) in [5, 5.41) is 12.4. The van der Waals surface area contributed by atoms with Crippen LogP contribution in [0.15, 0.2) is 17.2 Å². The Hall–Kier alpha value is -2.66. The quantitative estimate of drug-likeness (QED) is 0.135. The molecule has 0 heterocycles. The number of hydrazine groups is 1. The molecule has 2 amide bonds. The number of unbranched alkanes of at least 4 members (excludes halogenated alkanes) is 2. The number of benzene rings is 1. The van der Waals surface area contributed by atoms with E-state index < -0.39 is 5.91 Å². The molecule has 1 rings (SSSR count). The molecule has 0 bridgehead atoms. The fraction of sp³-hybridized carbons (Fsp3) is 0.471. The second-order valence-corrected chi connectivity index (χ2v) is 6.02. The zero-order valence-corrected chi connectivity index (χ0v) is 17.0. The molecule has 156 valence electrons. The highest BCUT2D eigenvalue weighted by Crippen LogP contribution is 2.37. The molecule has 1 aromatic carbocycles. The Bertz CT molecular complexity index is 661. The number of hydrazone groups is 1. The Morgan fingerprint density at radius 2 is 1.71 bits per heavy atom. The third kappa shape index (κ3) is 7.53. The van der Waals surface area contributed by atoms with Gasteiger partial charge in [0.15, 0.2) is 11.5 Å². The van der Waals surface area contributed by atoms with E-state index in [9.17, 15) is 9.59 Å². The van der Waals surface area contributed by atoms with Gasteiger partial charge in [-0.3, -0.25) is 14.8 Å². The summed E-state index contributed by atoms with van der Waals surface area (Å²) in [5.41, 5.74) is 4.74. The van der Waals surface area contributed by atoms with Crippen LogP contribution < -0.4 is 25.2 Å². The second-order valence-electron chi connectivity index (χ2n) is 5.62. The molecule has 11 heteroatoms. The lowest BCUT2D eigenvalue weighted by molar-refractivity contribution is -0.129. The fourth-order valence-corrected chi connectivity index (χ4v) is 2.44. The van der Waals surface area contributed by atoms with Crippen LogP contribution >= 0.6 is 12.8 Å². The normalized spacial score (nSPS) is 10.5. The van der Waals surface area contributed by atoms with Crippen LogP contribution in [-0.4, -0.2) is 49.0 Å². The number of hydrogen-bond acceptors (Lipinski definition) is 9. The number of nitrogens with one attached hydrogen (secondary N) is 2. The van der Waals surface area contributed by atoms with E-state index in [4.69, 9.17) is 19.4 Å². The van der Waals surface area contributed by atoms with Gasteiger partial charge in [0.05, 0.1) is 27.5 Å². The summed E-state index contributed by atoms with van der Waals surface area (Å²) in [6.07, 6.45) is 3.79. The van der Waals surface area contributed by atoms with Crippen molar-refractivity contribution in [1.29, 1.82) is 0 Å². The zero-order valence-electron chi connectivity index (χ0n) is 16.1. The van der Waals surface area contributed by atoms with Gasteiger partial charge < -0.3 is 14.2 Å². The van der Waals surface area contributed by atoms with Gasteiger partial charge in [-0.2, -0.15) is 9.52 Å². The molecule has 0 unspecified atom stereocenters. The lowest BCUT2D eigenvalue weighted by Crippen LogP contribution is -2.31. The Balaban J connectivity index is 2.51. The van der Waals surface area contributed by atoms with E-state index in [1.54, 1.807) is 17.6 Å². The predicted octanol–water partition coefficient (Wildman–Crippen LogP) is 1.68. The monoisotopic (exact) mass is 414 g/mol. The maximum absolute atomic E-state index is 12.0. The Morgan fingerprint density at radius 3 is 2.25 bits per heavy atom. The molecule has 0 atom stereocenters. The van der Waals surface area contributed by atoms with Crippen molar-refractivity contribution in [3.8, 4) is 17.2 Å². The first-order valence-electron chi connectivity index (χ1n) is 8.50. The number of thiol groups is 1. The van der Waals surface area contributed by atoms with E-state index in [1.165, 1.54) is 27.5 Å². The molecule has 10 nitrogen and oxygen atoms in total. The smallest absolute Gasteiger partial charge is 0.252 e. The number of amides is 2. The molecular weight excluding hydrogens is 388 g/mol. The molecule has 1 aromatic rings. The van der Waals surface area contributed by atoms with E-state index in [0.717, 1.165) is 4.41 Å². The highest BCUT2D eigenvalue weighted by molar-refractivity contribution is 7.78. The van der Waals surface area contributed by atoms with Gasteiger partial charge in [0, 0.05) is 18.4 Å². The standard InChI is InChI=1S/C17H26N4O6S/c1-25-13-9-12(10-14(26-2)17(13)27-3)11-18-20-21(28)16(23)8-6-4-5-7-15(22)19-24/h9-11,20,24,28H,4-8H2,1-3H3,(H,19,22)/b18-11+. The maximum Gasteiger partial charge on any atom is 0.252 e. The Kier molecular flexibility index (Phi) is 10.6. The third-order valence-corrected chi connectivity index (χ3v) is 4.02. The summed E-state index contributed by atoms with van der Waals surface area (Å²) in [4.78, 5) is 22.8. The molecule has 28 heavy (non-hydrogen) atoms. The van der Waals surface area contributed by atoms with E-state index in [-0.39, 0.29) is 18.7 Å². The minimum absolute atomic E-state index is 0.215. The van der Waals surface area contributed by atoms with Crippen molar-refractivity contribution in [1.82, 2.24) is 15.4 Å². The molecule has 0 aliphatic carbocycles. The number of hydroxylamine groups is 1. The van der Waals surface area contributed by atoms with Crippen LogP contribution in [0.2, 0.25) is 0 Å². The average molecular weight is 414 g/mol. The van der Waals surface area contributed by atoms with Gasteiger partial charge in [0.2, 0.25) is 11.7 Å². The van der Waals surface area contributed by atoms with Crippen LogP contribution in [-0.2, 0) is 9.59 Å². The van der Waals surface area contributed by atoms with Crippen LogP contribution in [0.3, 0.4) is 0 Å². The van der Waals surface area contributed by atoms with Crippen LogP contribution in [0, 0.1) is 0 Å². The summed E-state index contributed by atoms with van der Waals surface area (Å²) >= 11 is 4.05. The maximum atomic E-state index is 12.0. The van der Waals surface area contributed by atoms with Gasteiger partial charge in [0.25, 0.3) is 5.91 Å². The highest BCUT2D eigenvalue weighted by Gasteiger charge is 2.12. The van der Waals surface area contributed by atoms with Gasteiger partial charge in [-0.25, -0.2) is 11.0 Å². The van der Waals surface area contributed by atoms with Crippen molar-refractivity contribution in [3.63, 3.8) is 0 Å². The van der Waals surface area contributed by atoms with Crippen LogP contribution in [0.5, 0.6) is 17.2 Å². The fourth-order valence-electron chi connectivity index (χ4n) is 2.29. The number of carbonyl (C=O) groups is 2. The molecule has 0 radical (unpaired) electrons. The summed E-state index contributed by atoms with van der Waals surface area (Å²) in [6.45, 7) is 0. The minimum atomic E-state index is -0.440. The van der Waals surface area contributed by atoms with Gasteiger partial charge in [-0.15, -0.1) is 0 Å². The van der Waals surface area contributed by atoms with Crippen molar-refractivity contribution in [3.05, 3.63) is 17.7 Å². The van der Waals surface area contributed by atoms with Crippen molar-refractivity contribution in [2.45, 2.75) is 32.1 Å². The molecule has 0 aliphatic rings. The van der Waals surface area contributed by atoms with Crippen LogP contribution in [0.1, 0.15) is 37.7 Å². The Morgan fingerprint density at radius 1 is 1.11 bits per heavy atom. The summed E-state index contributed by atoms with van der Waals surface area (Å²) in [7, 11) is 4.54. The molecule has 0 aromatic heterocycles. The number of hydrogen-bond donors (Lipinski definition) is 4. The molecule has 0 saturated carbocycles. The summed E-state index contributed by atoms with van der Waals surface area (Å²) in [6, 6.07) is 3.42. The van der Waals surface area contributed by atoms with Gasteiger partial charge >= 0.3 is 0 Å². The zero-order chi connectivity index (χ0) is 20.9. The topological polar surface area (TPSA) is 122 Å². The van der Waals surface area contributed by atoms with Crippen molar-refractivity contribution >= 4 is 30.8 Å². The molecule has 0 aliphatic heterocycles. The summed E-state index contributed by atoms with van der Waals surface area (Å²) < 4.78 is 16.8. The lowest BCUT2D eigenvalue weighted by Gasteiger charge is -2.14. The van der Waals surface area contributed by atoms with Crippen molar-refractivity contribution in [2.24, 2.45) is 5.10 Å². The van der Waals surface area contributed by atoms with Crippen molar-refractivity contribution in [2.75, 3.05) is 21.3 Å². The Labute approximate surface area is 169 Å². The molecule has 0 spiro atoms. The van der Waals surface area contributed by atoms with E-state index in [0.29, 0.717) is 42.1 Å². The summed E-state index contributed by atoms with van der Waals surface area (Å²) in [5.74, 6) is 0.730. The first-order valence-corrected chi connectivity index (χ1v) is 8.90. The van der Waals surface area contributed by atoms with E-state index in [1.807, 2.05) is 0 Å². The number of carbonyl (C=O) groups excluding carboxylic acids is 2. The van der Waals surface area contributed by atoms with Crippen LogP contribution in [0.25, 0.3) is 0 Å². The van der Waals surface area contributed by atoms with Gasteiger partial charge in [-0.1, -0.05) is 6.42 Å². The van der Waals surface area contributed by atoms with Crippen molar-refractivity contribution < 1.29 is 29.0 Å². The van der Waals surface area contributed by atoms with Gasteiger partial charge in [-0.05, 0) is 37.8 Å². The predicted molar refractivity (Wildman–Crippen MR) is 106 cm³/mol. The SMILES string of the molecule is COc1cc(/C=N/NN(S)C(=O)CCCCCC(=O)NO)cc(OC)c1OC. The highest BCUT2D eigenvalue weighted by atomic mass is 32.1.